The standard InChI is InChI=1S/C8H9NO4S2/c1-2-15(13)8-6(3-4-14-8)7(10)5-9(11)12/h3-4H,2,5H2,1H3. The van der Waals surface area contributed by atoms with Gasteiger partial charge in [-0.05, 0) is 11.4 Å². The first kappa shape index (κ1) is 12.0. The number of thiophene rings is 1. The average Bonchev–Trinajstić information content (AvgIpc) is 2.63. The molecule has 15 heavy (non-hydrogen) atoms. The van der Waals surface area contributed by atoms with E-state index in [1.54, 1.807) is 12.3 Å². The summed E-state index contributed by atoms with van der Waals surface area (Å²) in [5.74, 6) is -0.183. The molecule has 1 rings (SSSR count). The molecule has 0 spiro atoms. The average molecular weight is 247 g/mol. The molecule has 0 radical (unpaired) electrons. The van der Waals surface area contributed by atoms with Crippen molar-refractivity contribution in [2.75, 3.05) is 12.3 Å². The number of carbonyl (C=O) groups is 1. The Kier molecular flexibility index (Phi) is 4.10. The van der Waals surface area contributed by atoms with Gasteiger partial charge in [-0.1, -0.05) is 6.92 Å². The first-order valence-electron chi connectivity index (χ1n) is 4.17. The minimum Gasteiger partial charge on any atom is -0.287 e. The van der Waals surface area contributed by atoms with Crippen molar-refractivity contribution in [2.24, 2.45) is 0 Å². The predicted octanol–water partition coefficient (Wildman–Crippen LogP) is 1.34. The van der Waals surface area contributed by atoms with Gasteiger partial charge in [0.1, 0.15) is 4.21 Å². The van der Waals surface area contributed by atoms with E-state index >= 15 is 0 Å². The zero-order valence-corrected chi connectivity index (χ0v) is 9.60. The van der Waals surface area contributed by atoms with Gasteiger partial charge in [0.05, 0.1) is 16.4 Å². The fraction of sp³-hybridized carbons (Fsp3) is 0.375. The van der Waals surface area contributed by atoms with Crippen LogP contribution in [-0.4, -0.2) is 27.2 Å². The highest BCUT2D eigenvalue weighted by molar-refractivity contribution is 7.87. The van der Waals surface area contributed by atoms with Gasteiger partial charge in [-0.15, -0.1) is 11.3 Å². The molecular formula is C8H9NO4S2. The van der Waals surface area contributed by atoms with E-state index in [9.17, 15) is 19.1 Å². The van der Waals surface area contributed by atoms with Crippen molar-refractivity contribution >= 4 is 27.9 Å². The van der Waals surface area contributed by atoms with Crippen LogP contribution in [0.25, 0.3) is 0 Å². The topological polar surface area (TPSA) is 77.3 Å². The molecule has 1 aromatic rings. The van der Waals surface area contributed by atoms with E-state index < -0.39 is 28.1 Å². The first-order chi connectivity index (χ1) is 7.06. The van der Waals surface area contributed by atoms with Gasteiger partial charge in [0.25, 0.3) is 6.54 Å². The Hall–Kier alpha value is -1.08. The van der Waals surface area contributed by atoms with Crippen LogP contribution in [-0.2, 0) is 10.8 Å². The lowest BCUT2D eigenvalue weighted by molar-refractivity contribution is -0.465. The summed E-state index contributed by atoms with van der Waals surface area (Å²) < 4.78 is 11.9. The lowest BCUT2D eigenvalue weighted by atomic mass is 10.2. The molecule has 0 bridgehead atoms. The van der Waals surface area contributed by atoms with E-state index in [0.29, 0.717) is 9.96 Å². The van der Waals surface area contributed by atoms with Gasteiger partial charge in [0.2, 0.25) is 5.78 Å². The molecule has 7 heteroatoms. The maximum Gasteiger partial charge on any atom is 0.265 e. The summed E-state index contributed by atoms with van der Waals surface area (Å²) in [6.45, 7) is 0.988. The lowest BCUT2D eigenvalue weighted by Crippen LogP contribution is -2.14. The highest BCUT2D eigenvalue weighted by atomic mass is 32.2. The van der Waals surface area contributed by atoms with Gasteiger partial charge in [0, 0.05) is 10.7 Å². The normalized spacial score (nSPS) is 12.3. The molecule has 1 atom stereocenters. The van der Waals surface area contributed by atoms with E-state index in [2.05, 4.69) is 0 Å². The number of carbonyl (C=O) groups excluding carboxylic acids is 1. The van der Waals surface area contributed by atoms with Gasteiger partial charge < -0.3 is 0 Å². The molecule has 0 aliphatic carbocycles. The molecule has 1 heterocycles. The summed E-state index contributed by atoms with van der Waals surface area (Å²) in [6, 6.07) is 1.49. The van der Waals surface area contributed by atoms with Gasteiger partial charge in [0.15, 0.2) is 0 Å². The van der Waals surface area contributed by atoms with E-state index in [1.165, 1.54) is 17.4 Å². The first-order valence-corrected chi connectivity index (χ1v) is 6.37. The quantitative estimate of drug-likeness (QED) is 0.447. The van der Waals surface area contributed by atoms with Crippen molar-refractivity contribution in [1.82, 2.24) is 0 Å². The number of rotatable bonds is 5. The molecular weight excluding hydrogens is 238 g/mol. The molecule has 0 amide bonds. The second-order valence-electron chi connectivity index (χ2n) is 2.67. The summed E-state index contributed by atoms with van der Waals surface area (Å²) in [5, 5.41) is 11.8. The van der Waals surface area contributed by atoms with Crippen molar-refractivity contribution in [3.8, 4) is 0 Å². The van der Waals surface area contributed by atoms with Crippen LogP contribution in [0.3, 0.4) is 0 Å². The molecule has 82 valence electrons. The molecule has 0 aliphatic rings. The van der Waals surface area contributed by atoms with E-state index in [1.807, 2.05) is 0 Å². The maximum atomic E-state index is 11.5. The maximum absolute atomic E-state index is 11.5. The molecule has 0 saturated carbocycles. The zero-order chi connectivity index (χ0) is 11.4. The Morgan fingerprint density at radius 2 is 2.33 bits per heavy atom. The smallest absolute Gasteiger partial charge is 0.265 e. The van der Waals surface area contributed by atoms with Crippen LogP contribution < -0.4 is 0 Å². The molecule has 0 N–H and O–H groups in total. The van der Waals surface area contributed by atoms with Crippen LogP contribution >= 0.6 is 11.3 Å². The molecule has 0 aliphatic heterocycles. The summed E-state index contributed by atoms with van der Waals surface area (Å²) in [7, 11) is -1.23. The Morgan fingerprint density at radius 1 is 1.67 bits per heavy atom. The number of hydrogen-bond donors (Lipinski definition) is 0. The lowest BCUT2D eigenvalue weighted by Gasteiger charge is -1.98. The fourth-order valence-electron chi connectivity index (χ4n) is 1.01. The number of nitro groups is 1. The Labute approximate surface area is 92.7 Å². The number of nitrogens with zero attached hydrogens (tertiary/aromatic N) is 1. The molecule has 1 unspecified atom stereocenters. The van der Waals surface area contributed by atoms with Crippen molar-refractivity contribution < 1.29 is 13.9 Å². The monoisotopic (exact) mass is 247 g/mol. The Balaban J connectivity index is 2.95. The minimum atomic E-state index is -1.23. The second-order valence-corrected chi connectivity index (χ2v) is 5.52. The van der Waals surface area contributed by atoms with Crippen LogP contribution in [0.15, 0.2) is 15.7 Å². The predicted molar refractivity (Wildman–Crippen MR) is 57.5 cm³/mol. The highest BCUT2D eigenvalue weighted by Crippen LogP contribution is 2.21. The van der Waals surface area contributed by atoms with Crippen molar-refractivity contribution in [3.63, 3.8) is 0 Å². The number of hydrogen-bond acceptors (Lipinski definition) is 5. The van der Waals surface area contributed by atoms with Gasteiger partial charge in [-0.2, -0.15) is 0 Å². The minimum absolute atomic E-state index is 0.219. The van der Waals surface area contributed by atoms with Crippen LogP contribution in [0.2, 0.25) is 0 Å². The highest BCUT2D eigenvalue weighted by Gasteiger charge is 2.20. The molecule has 0 aromatic carbocycles. The SMILES string of the molecule is CCS(=O)c1sccc1C(=O)C[N+](=O)[O-]. The third-order valence-electron chi connectivity index (χ3n) is 1.67. The molecule has 1 aromatic heterocycles. The second kappa shape index (κ2) is 5.13. The van der Waals surface area contributed by atoms with Gasteiger partial charge >= 0.3 is 0 Å². The number of ketones is 1. The Morgan fingerprint density at radius 3 is 2.87 bits per heavy atom. The van der Waals surface area contributed by atoms with E-state index in [0.717, 1.165) is 0 Å². The van der Waals surface area contributed by atoms with Crippen molar-refractivity contribution in [2.45, 2.75) is 11.1 Å². The number of Topliss-reactive ketones (excluding diaryl/α,β-unsaturated/α-hetero) is 1. The van der Waals surface area contributed by atoms with Crippen LogP contribution in [0.4, 0.5) is 0 Å². The Bertz CT molecular complexity index is 413. The molecule has 0 fully saturated rings. The van der Waals surface area contributed by atoms with Gasteiger partial charge in [-0.25, -0.2) is 0 Å². The molecule has 0 saturated heterocycles. The third-order valence-corrected chi connectivity index (χ3v) is 4.38. The summed E-state index contributed by atoms with van der Waals surface area (Å²) in [4.78, 5) is 20.9. The molecule has 5 nitrogen and oxygen atoms in total. The summed E-state index contributed by atoms with van der Waals surface area (Å²) in [5.41, 5.74) is 0.219. The van der Waals surface area contributed by atoms with Gasteiger partial charge in [-0.3, -0.25) is 19.1 Å². The van der Waals surface area contributed by atoms with Crippen molar-refractivity contribution in [3.05, 3.63) is 27.1 Å². The summed E-state index contributed by atoms with van der Waals surface area (Å²) >= 11 is 1.19. The van der Waals surface area contributed by atoms with Crippen LogP contribution in [0.1, 0.15) is 17.3 Å². The van der Waals surface area contributed by atoms with Crippen molar-refractivity contribution in [1.29, 1.82) is 0 Å². The van der Waals surface area contributed by atoms with Crippen LogP contribution in [0.5, 0.6) is 0 Å². The fourth-order valence-corrected chi connectivity index (χ4v) is 3.29. The third kappa shape index (κ3) is 2.93. The van der Waals surface area contributed by atoms with Crippen LogP contribution in [0, 0.1) is 10.1 Å². The van der Waals surface area contributed by atoms with E-state index in [-0.39, 0.29) is 5.56 Å². The zero-order valence-electron chi connectivity index (χ0n) is 7.97. The van der Waals surface area contributed by atoms with E-state index in [4.69, 9.17) is 0 Å². The largest absolute Gasteiger partial charge is 0.287 e. The summed E-state index contributed by atoms with van der Waals surface area (Å²) in [6.07, 6.45) is 0.